The molecule has 0 aliphatic carbocycles. The zero-order valence-electron chi connectivity index (χ0n) is 34.3. The highest BCUT2D eigenvalue weighted by molar-refractivity contribution is 5.99. The fourth-order valence-electron chi connectivity index (χ4n) is 5.51. The minimum Gasteiger partial charge on any atom is -0.481 e. The maximum Gasteiger partial charge on any atom is 0.325 e. The molecule has 1 aromatic carbocycles. The van der Waals surface area contributed by atoms with E-state index in [2.05, 4.69) is 42.2 Å². The number of aliphatic carboxylic acids is 2. The van der Waals surface area contributed by atoms with Gasteiger partial charge in [0.05, 0.1) is 19.4 Å². The van der Waals surface area contributed by atoms with E-state index in [0.29, 0.717) is 5.56 Å². The smallest absolute Gasteiger partial charge is 0.325 e. The molecule has 61 heavy (non-hydrogen) atoms. The van der Waals surface area contributed by atoms with Gasteiger partial charge in [-0.25, -0.2) is 0 Å². The Morgan fingerprint density at radius 1 is 0.623 bits per heavy atom. The number of carbonyl (C=O) groups is 10. The van der Waals surface area contributed by atoms with Gasteiger partial charge in [0.25, 0.3) is 0 Å². The van der Waals surface area contributed by atoms with Crippen molar-refractivity contribution >= 4 is 65.2 Å². The topological polar surface area (TPSA) is 406 Å². The third-order valence-corrected chi connectivity index (χ3v) is 8.49. The molecular weight excluding hydrogens is 806 g/mol. The molecule has 0 unspecified atom stereocenters. The van der Waals surface area contributed by atoms with Crippen LogP contribution in [0.4, 0.5) is 0 Å². The Morgan fingerprint density at radius 2 is 1.10 bits per heavy atom. The quantitative estimate of drug-likeness (QED) is 0.0224. The zero-order chi connectivity index (χ0) is 46.4. The van der Waals surface area contributed by atoms with Crippen molar-refractivity contribution in [2.45, 2.75) is 109 Å². The van der Waals surface area contributed by atoms with Gasteiger partial charge in [-0.15, -0.1) is 0 Å². The third-order valence-electron chi connectivity index (χ3n) is 8.49. The van der Waals surface area contributed by atoms with Crippen LogP contribution in [0.15, 0.2) is 35.3 Å². The van der Waals surface area contributed by atoms with Crippen LogP contribution in [0.5, 0.6) is 0 Å². The van der Waals surface area contributed by atoms with Crippen LogP contribution >= 0.6 is 0 Å². The van der Waals surface area contributed by atoms with E-state index in [0.717, 1.165) is 13.8 Å². The zero-order valence-corrected chi connectivity index (χ0v) is 34.3. The number of aliphatic imine (C=N–C) groups is 1. The second kappa shape index (κ2) is 26.3. The van der Waals surface area contributed by atoms with Gasteiger partial charge in [-0.05, 0) is 37.7 Å². The van der Waals surface area contributed by atoms with Gasteiger partial charge >= 0.3 is 11.9 Å². The minimum atomic E-state index is -1.92. The average Bonchev–Trinajstić information content (AvgIpc) is 3.16. The van der Waals surface area contributed by atoms with Gasteiger partial charge in [0.15, 0.2) is 5.96 Å². The molecule has 0 fully saturated rings. The molecule has 0 aliphatic heterocycles. The highest BCUT2D eigenvalue weighted by Crippen LogP contribution is 2.11. The lowest BCUT2D eigenvalue weighted by Gasteiger charge is -2.28. The number of aliphatic hydroxyl groups is 1. The number of nitrogens with two attached hydrogens (primary N) is 3. The Bertz CT molecular complexity index is 1760. The number of guanidine groups is 1. The van der Waals surface area contributed by atoms with Crippen LogP contribution in [0.2, 0.25) is 0 Å². The van der Waals surface area contributed by atoms with E-state index in [-0.39, 0.29) is 44.1 Å². The normalized spacial score (nSPS) is 14.2. The average molecular weight is 864 g/mol. The first kappa shape index (κ1) is 52.2. The second-order valence-electron chi connectivity index (χ2n) is 14.3. The van der Waals surface area contributed by atoms with Crippen molar-refractivity contribution in [3.05, 3.63) is 35.9 Å². The Kier molecular flexibility index (Phi) is 22.5. The number of nitrogens with one attached hydrogen (secondary N) is 7. The fourth-order valence-corrected chi connectivity index (χ4v) is 5.51. The van der Waals surface area contributed by atoms with E-state index in [1.54, 1.807) is 44.2 Å². The number of carbonyl (C=O) groups excluding carboxylic acids is 8. The Labute approximate surface area is 351 Å². The number of aliphatic hydroxyl groups excluding tert-OH is 1. The molecule has 7 atom stereocenters. The largest absolute Gasteiger partial charge is 0.481 e. The lowest BCUT2D eigenvalue weighted by atomic mass is 10.00. The highest BCUT2D eigenvalue weighted by atomic mass is 16.4. The van der Waals surface area contributed by atoms with E-state index < -0.39 is 121 Å². The van der Waals surface area contributed by atoms with Gasteiger partial charge in [0, 0.05) is 19.9 Å². The van der Waals surface area contributed by atoms with E-state index in [4.69, 9.17) is 22.3 Å². The van der Waals surface area contributed by atoms with Crippen molar-refractivity contribution in [2.24, 2.45) is 28.1 Å². The first-order valence-electron chi connectivity index (χ1n) is 19.1. The molecular formula is C37H57N11O13. The summed E-state index contributed by atoms with van der Waals surface area (Å²) in [5.74, 6) is -11.4. The van der Waals surface area contributed by atoms with Crippen molar-refractivity contribution in [3.8, 4) is 0 Å². The summed E-state index contributed by atoms with van der Waals surface area (Å²) >= 11 is 0. The molecule has 1 aromatic rings. The van der Waals surface area contributed by atoms with Crippen LogP contribution in [0, 0.1) is 5.92 Å². The van der Waals surface area contributed by atoms with Crippen LogP contribution in [0.1, 0.15) is 65.4 Å². The second-order valence-corrected chi connectivity index (χ2v) is 14.3. The van der Waals surface area contributed by atoms with Crippen molar-refractivity contribution in [3.63, 3.8) is 0 Å². The predicted octanol–water partition coefficient (Wildman–Crippen LogP) is -4.81. The van der Waals surface area contributed by atoms with Gasteiger partial charge in [-0.1, -0.05) is 44.2 Å². The molecule has 0 spiro atoms. The molecule has 0 radical (unpaired) electrons. The van der Waals surface area contributed by atoms with Crippen LogP contribution in [0.25, 0.3) is 0 Å². The molecule has 0 aromatic heterocycles. The molecule has 0 saturated carbocycles. The van der Waals surface area contributed by atoms with Gasteiger partial charge < -0.3 is 69.7 Å². The van der Waals surface area contributed by atoms with Crippen molar-refractivity contribution in [1.29, 1.82) is 0 Å². The first-order chi connectivity index (χ1) is 28.5. The van der Waals surface area contributed by atoms with Crippen molar-refractivity contribution in [2.75, 3.05) is 13.2 Å². The summed E-state index contributed by atoms with van der Waals surface area (Å²) in [6, 6.07) is -2.65. The van der Waals surface area contributed by atoms with Crippen molar-refractivity contribution in [1.82, 2.24) is 37.2 Å². The van der Waals surface area contributed by atoms with Gasteiger partial charge in [0.2, 0.25) is 47.3 Å². The SMILES string of the molecule is CC(=O)N[C@@H](CO)C(=O)N[C@@H](CCCN=C(N)N)C(=O)N[C@@H](CC(C)C)C(=O)N[C@@H](Cc1ccccc1)C(=O)N[C@@H](CC(=O)O)C(=O)N[C@@H](CC(N)=O)C(=O)N[C@@H](C)C(=O)O. The molecule has 24 nitrogen and oxygen atoms in total. The lowest BCUT2D eigenvalue weighted by molar-refractivity contribution is -0.143. The van der Waals surface area contributed by atoms with Gasteiger partial charge in [-0.3, -0.25) is 52.9 Å². The maximum absolute atomic E-state index is 14.0. The van der Waals surface area contributed by atoms with Gasteiger partial charge in [-0.2, -0.15) is 0 Å². The van der Waals surface area contributed by atoms with E-state index >= 15 is 0 Å². The first-order valence-corrected chi connectivity index (χ1v) is 19.1. The molecule has 0 bridgehead atoms. The summed E-state index contributed by atoms with van der Waals surface area (Å²) < 4.78 is 0. The summed E-state index contributed by atoms with van der Waals surface area (Å²) in [6.07, 6.45) is -2.04. The fraction of sp³-hybridized carbons (Fsp3) is 0.541. The van der Waals surface area contributed by atoms with E-state index in [1.165, 1.54) is 0 Å². The van der Waals surface area contributed by atoms with Crippen LogP contribution < -0.4 is 54.4 Å². The summed E-state index contributed by atoms with van der Waals surface area (Å²) in [6.45, 7) is 4.93. The number of nitrogens with zero attached hydrogens (tertiary/aromatic N) is 1. The number of hydrogen-bond donors (Lipinski definition) is 13. The molecule has 8 amide bonds. The molecule has 24 heteroatoms. The molecule has 0 heterocycles. The van der Waals surface area contributed by atoms with Crippen LogP contribution in [-0.4, -0.2) is 136 Å². The summed E-state index contributed by atoms with van der Waals surface area (Å²) in [5.41, 5.74) is 16.5. The Hall–Kier alpha value is -6.85. The van der Waals surface area contributed by atoms with Crippen LogP contribution in [0.3, 0.4) is 0 Å². The highest BCUT2D eigenvalue weighted by Gasteiger charge is 2.35. The molecule has 0 saturated heterocycles. The number of primary amides is 1. The summed E-state index contributed by atoms with van der Waals surface area (Å²) in [4.78, 5) is 131. The number of benzene rings is 1. The number of carboxylic acids is 2. The Morgan fingerprint density at radius 3 is 1.61 bits per heavy atom. The molecule has 1 rings (SSSR count). The van der Waals surface area contributed by atoms with Crippen molar-refractivity contribution < 1.29 is 63.3 Å². The van der Waals surface area contributed by atoms with E-state index in [9.17, 15) is 58.2 Å². The molecule has 338 valence electrons. The Balaban J connectivity index is 3.51. The predicted molar refractivity (Wildman–Crippen MR) is 215 cm³/mol. The van der Waals surface area contributed by atoms with Gasteiger partial charge in [0.1, 0.15) is 42.3 Å². The molecule has 0 aliphatic rings. The maximum atomic E-state index is 14.0. The minimum absolute atomic E-state index is 0.00900. The van der Waals surface area contributed by atoms with Crippen LogP contribution in [-0.2, 0) is 54.4 Å². The number of hydrogen-bond acceptors (Lipinski definition) is 12. The summed E-state index contributed by atoms with van der Waals surface area (Å²) in [7, 11) is 0. The standard InChI is InChI=1S/C37H57N11O13/c1-18(2)13-23(45-30(54)22(11-8-12-41-37(39)40)44-35(59)27(17-49)43-20(4)50)32(56)46-24(14-21-9-6-5-7-10-21)33(57)48-26(16-29(52)53)34(58)47-25(15-28(38)51)31(55)42-19(3)36(60)61/h5-7,9-10,18-19,22-27,49H,8,11-17H2,1-4H3,(H2,38,51)(H,42,55)(H,43,50)(H,44,59)(H,45,54)(H,46,56)(H,47,58)(H,48,57)(H,52,53)(H,60,61)(H4,39,40,41)/t19-,22-,23-,24-,25-,26-,27-/m0/s1. The third kappa shape index (κ3) is 20.6. The summed E-state index contributed by atoms with van der Waals surface area (Å²) in [5, 5.41) is 44.7. The number of carboxylic acid groups (broad SMARTS) is 2. The lowest BCUT2D eigenvalue weighted by Crippen LogP contribution is -2.60. The monoisotopic (exact) mass is 863 g/mol. The number of amides is 8. The molecule has 16 N–H and O–H groups in total. The number of rotatable bonds is 27. The van der Waals surface area contributed by atoms with E-state index in [1.807, 2.05) is 0 Å².